The predicted octanol–water partition coefficient (Wildman–Crippen LogP) is 3.87. The molecule has 2 aliphatic rings. The number of methoxy groups -OCH3 is 1. The van der Waals surface area contributed by atoms with Crippen LogP contribution in [0.5, 0.6) is 23.0 Å². The topological polar surface area (TPSA) is 40.8 Å². The number of fused-ring (bicyclic) bond motifs is 5. The Morgan fingerprint density at radius 1 is 1.07 bits per heavy atom. The maximum atomic E-state index is 6.10. The molecule has 2 aliphatic heterocycles. The van der Waals surface area contributed by atoms with Crippen LogP contribution in [0.15, 0.2) is 36.5 Å². The standard InChI is InChI=1S/C22H22NO4/c1-13(2)27-22-17-11-23-7-6-15-9-20-21(26-12-25-20)10-16(15)18(23)8-14(17)4-5-19(22)24-3/h4-5,8-11,13H,6-7,12H2,1-3H3/q+1. The number of nitrogens with zero attached hydrogens (tertiary/aromatic N) is 1. The van der Waals surface area contributed by atoms with Gasteiger partial charge in [0.05, 0.1) is 24.2 Å². The minimum atomic E-state index is 0.0750. The first kappa shape index (κ1) is 16.2. The van der Waals surface area contributed by atoms with Crippen molar-refractivity contribution in [2.45, 2.75) is 32.9 Å². The quantitative estimate of drug-likeness (QED) is 0.662. The Hall–Kier alpha value is -2.95. The van der Waals surface area contributed by atoms with E-state index >= 15 is 0 Å². The first-order valence-electron chi connectivity index (χ1n) is 9.28. The highest BCUT2D eigenvalue weighted by molar-refractivity contribution is 5.91. The second kappa shape index (κ2) is 6.05. The number of aromatic nitrogens is 1. The van der Waals surface area contributed by atoms with Crippen LogP contribution >= 0.6 is 0 Å². The molecular weight excluding hydrogens is 342 g/mol. The molecule has 0 spiro atoms. The summed E-state index contributed by atoms with van der Waals surface area (Å²) in [6.45, 7) is 5.27. The molecule has 0 saturated carbocycles. The van der Waals surface area contributed by atoms with Crippen molar-refractivity contribution in [1.82, 2.24) is 0 Å². The largest absolute Gasteiger partial charge is 0.493 e. The monoisotopic (exact) mass is 364 g/mol. The van der Waals surface area contributed by atoms with Gasteiger partial charge in [0.1, 0.15) is 0 Å². The molecular formula is C22H22NO4+. The molecule has 138 valence electrons. The van der Waals surface area contributed by atoms with Gasteiger partial charge in [-0.2, -0.15) is 4.57 Å². The Kier molecular flexibility index (Phi) is 3.64. The molecule has 0 bridgehead atoms. The number of hydrogen-bond acceptors (Lipinski definition) is 4. The van der Waals surface area contributed by atoms with Crippen molar-refractivity contribution in [3.63, 3.8) is 0 Å². The summed E-state index contributed by atoms with van der Waals surface area (Å²) in [6, 6.07) is 10.5. The highest BCUT2D eigenvalue weighted by Crippen LogP contribution is 2.41. The van der Waals surface area contributed by atoms with Crippen LogP contribution in [-0.2, 0) is 13.0 Å². The zero-order valence-electron chi connectivity index (χ0n) is 15.7. The predicted molar refractivity (Wildman–Crippen MR) is 102 cm³/mol. The first-order valence-corrected chi connectivity index (χ1v) is 9.28. The van der Waals surface area contributed by atoms with Gasteiger partial charge < -0.3 is 18.9 Å². The number of benzene rings is 2. The van der Waals surface area contributed by atoms with E-state index in [1.807, 2.05) is 19.9 Å². The van der Waals surface area contributed by atoms with Crippen LogP contribution < -0.4 is 23.5 Å². The molecule has 0 fully saturated rings. The summed E-state index contributed by atoms with van der Waals surface area (Å²) in [4.78, 5) is 0. The number of aryl methyl sites for hydroxylation is 2. The number of rotatable bonds is 3. The second-order valence-corrected chi connectivity index (χ2v) is 7.23. The van der Waals surface area contributed by atoms with Gasteiger partial charge in [0.25, 0.3) is 0 Å². The zero-order valence-corrected chi connectivity index (χ0v) is 15.7. The van der Waals surface area contributed by atoms with Crippen molar-refractivity contribution in [1.29, 1.82) is 0 Å². The molecule has 1 aromatic heterocycles. The van der Waals surface area contributed by atoms with E-state index in [9.17, 15) is 0 Å². The van der Waals surface area contributed by atoms with Crippen molar-refractivity contribution in [2.24, 2.45) is 0 Å². The van der Waals surface area contributed by atoms with Crippen molar-refractivity contribution in [3.05, 3.63) is 42.1 Å². The fourth-order valence-corrected chi connectivity index (χ4v) is 3.92. The highest BCUT2D eigenvalue weighted by atomic mass is 16.7. The molecule has 27 heavy (non-hydrogen) atoms. The van der Waals surface area contributed by atoms with Crippen LogP contribution in [0, 0.1) is 0 Å². The zero-order chi connectivity index (χ0) is 18.5. The smallest absolute Gasteiger partial charge is 0.231 e. The van der Waals surface area contributed by atoms with E-state index in [1.54, 1.807) is 7.11 Å². The molecule has 3 aromatic rings. The van der Waals surface area contributed by atoms with E-state index in [4.69, 9.17) is 18.9 Å². The van der Waals surface area contributed by atoms with Crippen LogP contribution in [0.3, 0.4) is 0 Å². The number of hydrogen-bond donors (Lipinski definition) is 0. The summed E-state index contributed by atoms with van der Waals surface area (Å²) in [5, 5.41) is 2.19. The molecule has 0 amide bonds. The van der Waals surface area contributed by atoms with Crippen molar-refractivity contribution >= 4 is 10.8 Å². The maximum absolute atomic E-state index is 6.10. The molecule has 5 heteroatoms. The molecule has 0 aliphatic carbocycles. The minimum Gasteiger partial charge on any atom is -0.493 e. The van der Waals surface area contributed by atoms with Gasteiger partial charge in [-0.1, -0.05) is 0 Å². The fraction of sp³-hybridized carbons (Fsp3) is 0.318. The Morgan fingerprint density at radius 2 is 1.89 bits per heavy atom. The third kappa shape index (κ3) is 2.57. The Labute approximate surface area is 158 Å². The fourth-order valence-electron chi connectivity index (χ4n) is 3.92. The maximum Gasteiger partial charge on any atom is 0.231 e. The molecule has 0 N–H and O–H groups in total. The second-order valence-electron chi connectivity index (χ2n) is 7.23. The average molecular weight is 364 g/mol. The van der Waals surface area contributed by atoms with Gasteiger partial charge in [0.15, 0.2) is 35.7 Å². The normalized spacial score (nSPS) is 14.2. The van der Waals surface area contributed by atoms with Gasteiger partial charge in [-0.3, -0.25) is 0 Å². The Morgan fingerprint density at radius 3 is 2.67 bits per heavy atom. The van der Waals surface area contributed by atoms with Gasteiger partial charge in [0.2, 0.25) is 12.5 Å². The molecule has 0 unspecified atom stereocenters. The molecule has 0 saturated heterocycles. The van der Waals surface area contributed by atoms with Crippen LogP contribution in [0.2, 0.25) is 0 Å². The van der Waals surface area contributed by atoms with E-state index in [0.717, 1.165) is 46.7 Å². The van der Waals surface area contributed by atoms with Gasteiger partial charge in [-0.15, -0.1) is 0 Å². The van der Waals surface area contributed by atoms with Crippen molar-refractivity contribution in [3.8, 4) is 34.3 Å². The number of pyridine rings is 1. The van der Waals surface area contributed by atoms with Gasteiger partial charge in [0, 0.05) is 12.5 Å². The summed E-state index contributed by atoms with van der Waals surface area (Å²) >= 11 is 0. The summed E-state index contributed by atoms with van der Waals surface area (Å²) in [6.07, 6.45) is 3.21. The van der Waals surface area contributed by atoms with E-state index in [0.29, 0.717) is 6.79 Å². The number of ether oxygens (including phenoxy) is 4. The lowest BCUT2D eigenvalue weighted by Gasteiger charge is -2.18. The van der Waals surface area contributed by atoms with Gasteiger partial charge >= 0.3 is 0 Å². The molecule has 0 atom stereocenters. The molecule has 3 heterocycles. The van der Waals surface area contributed by atoms with Crippen molar-refractivity contribution < 1.29 is 23.5 Å². The van der Waals surface area contributed by atoms with E-state index in [-0.39, 0.29) is 6.10 Å². The van der Waals surface area contributed by atoms with Crippen LogP contribution in [-0.4, -0.2) is 20.0 Å². The molecule has 5 rings (SSSR count). The van der Waals surface area contributed by atoms with Crippen LogP contribution in [0.25, 0.3) is 22.0 Å². The lowest BCUT2D eigenvalue weighted by Crippen LogP contribution is -2.40. The summed E-state index contributed by atoms with van der Waals surface area (Å²) in [7, 11) is 1.68. The molecule has 0 radical (unpaired) electrons. The summed E-state index contributed by atoms with van der Waals surface area (Å²) in [5.41, 5.74) is 3.68. The van der Waals surface area contributed by atoms with E-state index in [2.05, 4.69) is 35.0 Å². The SMILES string of the molecule is COc1ccc2cc3[n+](cc2c1OC(C)C)CCc1cc2c(cc1-3)OCO2. The molecule has 2 aromatic carbocycles. The first-order chi connectivity index (χ1) is 13.1. The third-order valence-corrected chi connectivity index (χ3v) is 5.15. The molecule has 5 nitrogen and oxygen atoms in total. The van der Waals surface area contributed by atoms with Gasteiger partial charge in [-0.05, 0) is 49.1 Å². The third-order valence-electron chi connectivity index (χ3n) is 5.15. The summed E-state index contributed by atoms with van der Waals surface area (Å²) in [5.74, 6) is 3.23. The van der Waals surface area contributed by atoms with E-state index in [1.165, 1.54) is 16.8 Å². The Bertz CT molecular complexity index is 1060. The lowest BCUT2D eigenvalue weighted by molar-refractivity contribution is -0.686. The van der Waals surface area contributed by atoms with Gasteiger partial charge in [-0.25, -0.2) is 0 Å². The highest BCUT2D eigenvalue weighted by Gasteiger charge is 2.28. The van der Waals surface area contributed by atoms with Crippen molar-refractivity contribution in [2.75, 3.05) is 13.9 Å². The lowest BCUT2D eigenvalue weighted by atomic mass is 9.95. The minimum absolute atomic E-state index is 0.0750. The van der Waals surface area contributed by atoms with E-state index < -0.39 is 0 Å². The van der Waals surface area contributed by atoms with Crippen LogP contribution in [0.4, 0.5) is 0 Å². The average Bonchev–Trinajstić information content (AvgIpc) is 3.12. The van der Waals surface area contributed by atoms with Crippen LogP contribution in [0.1, 0.15) is 19.4 Å². The Balaban J connectivity index is 1.72. The summed E-state index contributed by atoms with van der Waals surface area (Å²) < 4.78 is 25.1.